The molecular weight excluding hydrogens is 445 g/mol. The first kappa shape index (κ1) is 21.2. The molecule has 1 aromatic carbocycles. The Hall–Kier alpha value is -1.06. The third-order valence-corrected chi connectivity index (χ3v) is 5.06. The highest BCUT2D eigenvalue weighted by Gasteiger charge is 2.42. The number of likely N-dealkylation sites (tertiary alicyclic amines) is 1. The van der Waals surface area contributed by atoms with E-state index in [9.17, 15) is 0 Å². The molecule has 1 N–H and O–H groups in total. The number of nitrogens with zero attached hydrogens (tertiary/aromatic N) is 2. The van der Waals surface area contributed by atoms with E-state index in [0.29, 0.717) is 18.6 Å². The summed E-state index contributed by atoms with van der Waals surface area (Å²) in [5.41, 5.74) is 1.55. The van der Waals surface area contributed by atoms with Crippen LogP contribution in [0.1, 0.15) is 18.4 Å². The first-order chi connectivity index (χ1) is 12.2. The van der Waals surface area contributed by atoms with Crippen LogP contribution < -0.4 is 10.1 Å². The number of methoxy groups -OCH3 is 1. The summed E-state index contributed by atoms with van der Waals surface area (Å²) in [6, 6.07) is 8.16. The van der Waals surface area contributed by atoms with Gasteiger partial charge in [-0.25, -0.2) is 0 Å². The van der Waals surface area contributed by atoms with Gasteiger partial charge in [0.15, 0.2) is 5.96 Å². The molecule has 7 heteroatoms. The second-order valence-corrected chi connectivity index (χ2v) is 6.86. The van der Waals surface area contributed by atoms with E-state index < -0.39 is 0 Å². The van der Waals surface area contributed by atoms with Crippen LogP contribution in [0.5, 0.6) is 5.75 Å². The molecule has 0 aliphatic carbocycles. The van der Waals surface area contributed by atoms with Crippen molar-refractivity contribution in [1.82, 2.24) is 10.2 Å². The Kier molecular flexibility index (Phi) is 8.43. The number of ether oxygens (including phenoxy) is 3. The zero-order valence-electron chi connectivity index (χ0n) is 15.7. The zero-order chi connectivity index (χ0) is 17.5. The van der Waals surface area contributed by atoms with E-state index in [1.807, 2.05) is 19.2 Å². The van der Waals surface area contributed by atoms with E-state index in [2.05, 4.69) is 27.3 Å². The smallest absolute Gasteiger partial charge is 0.193 e. The van der Waals surface area contributed by atoms with Crippen LogP contribution in [0.3, 0.4) is 0 Å². The molecule has 2 heterocycles. The molecule has 2 aliphatic rings. The van der Waals surface area contributed by atoms with Crippen LogP contribution in [-0.4, -0.2) is 64.5 Å². The predicted molar refractivity (Wildman–Crippen MR) is 113 cm³/mol. The number of aliphatic imine (C=N–C) groups is 1. The molecule has 2 fully saturated rings. The van der Waals surface area contributed by atoms with Crippen molar-refractivity contribution >= 4 is 29.9 Å². The quantitative estimate of drug-likeness (QED) is 0.297. The van der Waals surface area contributed by atoms with Crippen LogP contribution in [0, 0.1) is 5.41 Å². The monoisotopic (exact) mass is 475 g/mol. The SMILES string of the molecule is CN=C(NCc1ccc(OCCOC)cc1)N1CCC2(CCOC2)C1.I. The van der Waals surface area contributed by atoms with Crippen LogP contribution in [-0.2, 0) is 16.0 Å². The van der Waals surface area contributed by atoms with Crippen LogP contribution in [0.2, 0.25) is 0 Å². The standard InChI is InChI=1S/C19H29N3O3.HI/c1-20-18(22-9-7-19(14-22)8-10-24-15-19)21-13-16-3-5-17(6-4-16)25-12-11-23-2;/h3-6H,7-15H2,1-2H3,(H,20,21);1H. The van der Waals surface area contributed by atoms with E-state index >= 15 is 0 Å². The summed E-state index contributed by atoms with van der Waals surface area (Å²) in [6.07, 6.45) is 2.37. The summed E-state index contributed by atoms with van der Waals surface area (Å²) in [7, 11) is 3.53. The van der Waals surface area contributed by atoms with Gasteiger partial charge in [-0.1, -0.05) is 12.1 Å². The van der Waals surface area contributed by atoms with E-state index in [0.717, 1.165) is 44.6 Å². The minimum absolute atomic E-state index is 0. The fraction of sp³-hybridized carbons (Fsp3) is 0.632. The molecule has 0 aromatic heterocycles. The molecule has 1 atom stereocenters. The molecular formula is C19H30IN3O3. The Labute approximate surface area is 173 Å². The minimum Gasteiger partial charge on any atom is -0.491 e. The van der Waals surface area contributed by atoms with Crippen LogP contribution in [0.15, 0.2) is 29.3 Å². The molecule has 1 unspecified atom stereocenters. The lowest BCUT2D eigenvalue weighted by molar-refractivity contribution is 0.146. The number of rotatable bonds is 6. The maximum atomic E-state index is 5.61. The van der Waals surface area contributed by atoms with Crippen LogP contribution >= 0.6 is 24.0 Å². The first-order valence-corrected chi connectivity index (χ1v) is 8.99. The number of benzene rings is 1. The van der Waals surface area contributed by atoms with E-state index in [1.165, 1.54) is 18.4 Å². The van der Waals surface area contributed by atoms with Crippen molar-refractivity contribution in [2.45, 2.75) is 19.4 Å². The Morgan fingerprint density at radius 3 is 2.73 bits per heavy atom. The number of hydrogen-bond acceptors (Lipinski definition) is 4. The molecule has 2 saturated heterocycles. The Morgan fingerprint density at radius 2 is 2.08 bits per heavy atom. The van der Waals surface area contributed by atoms with E-state index in [4.69, 9.17) is 14.2 Å². The van der Waals surface area contributed by atoms with Gasteiger partial charge in [0, 0.05) is 45.8 Å². The van der Waals surface area contributed by atoms with E-state index in [1.54, 1.807) is 7.11 Å². The maximum absolute atomic E-state index is 5.61. The summed E-state index contributed by atoms with van der Waals surface area (Å²) < 4.78 is 16.2. The second kappa shape index (κ2) is 10.3. The predicted octanol–water partition coefficient (Wildman–Crippen LogP) is 2.52. The third-order valence-electron chi connectivity index (χ3n) is 5.06. The second-order valence-electron chi connectivity index (χ2n) is 6.86. The van der Waals surface area contributed by atoms with Gasteiger partial charge in [0.2, 0.25) is 0 Å². The molecule has 0 bridgehead atoms. The van der Waals surface area contributed by atoms with E-state index in [-0.39, 0.29) is 24.0 Å². The van der Waals surface area contributed by atoms with Crippen molar-refractivity contribution in [3.05, 3.63) is 29.8 Å². The topological polar surface area (TPSA) is 55.3 Å². The molecule has 146 valence electrons. The fourth-order valence-corrected chi connectivity index (χ4v) is 3.55. The molecule has 1 aromatic rings. The molecule has 6 nitrogen and oxygen atoms in total. The maximum Gasteiger partial charge on any atom is 0.193 e. The number of halogens is 1. The lowest BCUT2D eigenvalue weighted by Gasteiger charge is -2.25. The third kappa shape index (κ3) is 5.47. The van der Waals surface area contributed by atoms with Crippen molar-refractivity contribution in [2.24, 2.45) is 10.4 Å². The summed E-state index contributed by atoms with van der Waals surface area (Å²) >= 11 is 0. The minimum atomic E-state index is 0. The molecule has 2 aliphatic heterocycles. The highest BCUT2D eigenvalue weighted by molar-refractivity contribution is 14.0. The summed E-state index contributed by atoms with van der Waals surface area (Å²) in [6.45, 7) is 5.81. The average molecular weight is 475 g/mol. The largest absolute Gasteiger partial charge is 0.491 e. The Balaban J connectivity index is 0.00000243. The highest BCUT2D eigenvalue weighted by Crippen LogP contribution is 2.38. The highest BCUT2D eigenvalue weighted by atomic mass is 127. The van der Waals surface area contributed by atoms with Gasteiger partial charge in [0.25, 0.3) is 0 Å². The van der Waals surface area contributed by atoms with Gasteiger partial charge in [-0.3, -0.25) is 4.99 Å². The molecule has 26 heavy (non-hydrogen) atoms. The van der Waals surface area contributed by atoms with Gasteiger partial charge in [-0.2, -0.15) is 0 Å². The van der Waals surface area contributed by atoms with Crippen molar-refractivity contribution in [3.63, 3.8) is 0 Å². The van der Waals surface area contributed by atoms with Crippen molar-refractivity contribution in [1.29, 1.82) is 0 Å². The van der Waals surface area contributed by atoms with Crippen molar-refractivity contribution < 1.29 is 14.2 Å². The van der Waals surface area contributed by atoms with Crippen molar-refractivity contribution in [3.8, 4) is 5.75 Å². The molecule has 0 amide bonds. The van der Waals surface area contributed by atoms with Gasteiger partial charge >= 0.3 is 0 Å². The number of guanidine groups is 1. The Bertz CT molecular complexity index is 574. The number of hydrogen-bond donors (Lipinski definition) is 1. The van der Waals surface area contributed by atoms with Crippen molar-refractivity contribution in [2.75, 3.05) is 53.7 Å². The lowest BCUT2D eigenvalue weighted by atomic mass is 9.87. The van der Waals surface area contributed by atoms with Crippen LogP contribution in [0.25, 0.3) is 0 Å². The van der Waals surface area contributed by atoms with Gasteiger partial charge in [-0.15, -0.1) is 24.0 Å². The first-order valence-electron chi connectivity index (χ1n) is 8.99. The van der Waals surface area contributed by atoms with Gasteiger partial charge in [-0.05, 0) is 30.5 Å². The molecule has 3 rings (SSSR count). The molecule has 1 spiro atoms. The average Bonchev–Trinajstić information content (AvgIpc) is 3.27. The lowest BCUT2D eigenvalue weighted by Crippen LogP contribution is -2.41. The Morgan fingerprint density at radius 1 is 1.27 bits per heavy atom. The van der Waals surface area contributed by atoms with Crippen LogP contribution in [0.4, 0.5) is 0 Å². The van der Waals surface area contributed by atoms with Gasteiger partial charge < -0.3 is 24.4 Å². The normalized spacial score (nSPS) is 22.5. The number of nitrogens with one attached hydrogen (secondary N) is 1. The molecule has 0 radical (unpaired) electrons. The molecule has 0 saturated carbocycles. The van der Waals surface area contributed by atoms with Gasteiger partial charge in [0.1, 0.15) is 12.4 Å². The summed E-state index contributed by atoms with van der Waals surface area (Å²) in [4.78, 5) is 6.82. The summed E-state index contributed by atoms with van der Waals surface area (Å²) in [5.74, 6) is 1.84. The fourth-order valence-electron chi connectivity index (χ4n) is 3.55. The van der Waals surface area contributed by atoms with Gasteiger partial charge in [0.05, 0.1) is 13.2 Å². The summed E-state index contributed by atoms with van der Waals surface area (Å²) in [5, 5.41) is 3.48. The zero-order valence-corrected chi connectivity index (χ0v) is 18.0.